The Morgan fingerprint density at radius 3 is 2.00 bits per heavy atom. The molecule has 0 aromatic carbocycles. The van der Waals surface area contributed by atoms with Gasteiger partial charge in [-0.05, 0) is 12.5 Å². The number of nitrogens with two attached hydrogens (primary N) is 1. The summed E-state index contributed by atoms with van der Waals surface area (Å²) >= 11 is 0. The molecule has 0 aromatic rings. The summed E-state index contributed by atoms with van der Waals surface area (Å²) in [5, 5.41) is 0. The molecule has 5 nitrogen and oxygen atoms in total. The van der Waals surface area contributed by atoms with Crippen molar-refractivity contribution >= 4 is 45.6 Å². The first-order chi connectivity index (χ1) is 5.89. The molecule has 0 aliphatic rings. The number of carbonyl (C=O) groups is 1. The minimum atomic E-state index is -3.17. The molecule has 2 N–H and O–H groups in total. The van der Waals surface area contributed by atoms with Crippen LogP contribution in [0.1, 0.15) is 13.3 Å². The molecule has 0 saturated carbocycles. The second kappa shape index (κ2) is 11.2. The van der Waals surface area contributed by atoms with E-state index in [1.54, 1.807) is 6.92 Å². The smallest absolute Gasteiger partial charge is 0.267 e. The summed E-state index contributed by atoms with van der Waals surface area (Å²) in [6.07, 6.45) is 1.66. The Morgan fingerprint density at radius 1 is 1.57 bits per heavy atom. The van der Waals surface area contributed by atoms with Gasteiger partial charge < -0.3 is 5.73 Å². The molecule has 0 aromatic heterocycles. The molecule has 0 unspecified atom stereocenters. The molecular formula is C7H15NNaO4S. The molecule has 0 atom stereocenters. The molecule has 0 spiro atoms. The van der Waals surface area contributed by atoms with E-state index in [2.05, 4.69) is 16.5 Å². The minimum absolute atomic E-state index is 0. The van der Waals surface area contributed by atoms with E-state index in [9.17, 15) is 13.2 Å². The van der Waals surface area contributed by atoms with E-state index >= 15 is 0 Å². The Balaban J connectivity index is -0.000000177. The van der Waals surface area contributed by atoms with E-state index in [0.29, 0.717) is 6.42 Å². The molecular weight excluding hydrogens is 217 g/mol. The van der Waals surface area contributed by atoms with E-state index in [-0.39, 0.29) is 35.3 Å². The zero-order chi connectivity index (χ0) is 10.9. The van der Waals surface area contributed by atoms with Crippen molar-refractivity contribution in [2.45, 2.75) is 13.3 Å². The molecule has 7 heteroatoms. The Kier molecular flexibility index (Phi) is 15.7. The number of carbonyl (C=O) groups excluding carboxylic acids is 1. The minimum Gasteiger partial charge on any atom is -0.366 e. The number of amides is 1. The second-order valence-corrected chi connectivity index (χ2v) is 3.89. The largest absolute Gasteiger partial charge is 0.366 e. The van der Waals surface area contributed by atoms with Gasteiger partial charge in [-0.25, -0.2) is 0 Å². The standard InChI is InChI=1S/C4H10O3S.C3H5NO.Na/c1-3-4-8(5,6)7-2;1-2-3(4)5;/h3-4H2,1-2H3;2H,1H2,(H2,4,5);. The third kappa shape index (κ3) is 18.0. The molecule has 0 rings (SSSR count). The normalized spacial score (nSPS) is 9.00. The van der Waals surface area contributed by atoms with Gasteiger partial charge in [0.05, 0.1) is 12.9 Å². The van der Waals surface area contributed by atoms with E-state index in [1.165, 1.54) is 7.11 Å². The molecule has 0 saturated heterocycles. The third-order valence-electron chi connectivity index (χ3n) is 0.909. The molecule has 14 heavy (non-hydrogen) atoms. The van der Waals surface area contributed by atoms with E-state index in [4.69, 9.17) is 0 Å². The van der Waals surface area contributed by atoms with Gasteiger partial charge in [0, 0.05) is 29.6 Å². The predicted octanol–water partition coefficient (Wildman–Crippen LogP) is -0.350. The van der Waals surface area contributed by atoms with Crippen LogP contribution in [0, 0.1) is 0 Å². The van der Waals surface area contributed by atoms with E-state index in [1.807, 2.05) is 0 Å². The van der Waals surface area contributed by atoms with Crippen LogP contribution in [-0.4, -0.2) is 56.7 Å². The van der Waals surface area contributed by atoms with Crippen LogP contribution in [0.3, 0.4) is 0 Å². The number of primary amides is 1. The Bertz CT molecular complexity index is 250. The maximum Gasteiger partial charge on any atom is 0.267 e. The molecule has 0 bridgehead atoms. The van der Waals surface area contributed by atoms with Crippen molar-refractivity contribution in [1.82, 2.24) is 0 Å². The van der Waals surface area contributed by atoms with Crippen LogP contribution in [0.4, 0.5) is 0 Å². The average Bonchev–Trinajstić information content (AvgIpc) is 2.05. The van der Waals surface area contributed by atoms with Crippen LogP contribution < -0.4 is 5.73 Å². The summed E-state index contributed by atoms with van der Waals surface area (Å²) in [6, 6.07) is 0. The van der Waals surface area contributed by atoms with E-state index < -0.39 is 16.0 Å². The first kappa shape index (κ1) is 19.7. The third-order valence-corrected chi connectivity index (χ3v) is 2.33. The van der Waals surface area contributed by atoms with Gasteiger partial charge in [-0.2, -0.15) is 8.42 Å². The van der Waals surface area contributed by atoms with Crippen LogP contribution in [0.15, 0.2) is 12.7 Å². The van der Waals surface area contributed by atoms with Gasteiger partial charge in [0.15, 0.2) is 0 Å². The molecule has 0 heterocycles. The van der Waals surface area contributed by atoms with Gasteiger partial charge in [0.25, 0.3) is 10.1 Å². The molecule has 0 aliphatic carbocycles. The first-order valence-corrected chi connectivity index (χ1v) is 5.17. The fraction of sp³-hybridized carbons (Fsp3) is 0.571. The topological polar surface area (TPSA) is 86.5 Å². The van der Waals surface area contributed by atoms with Crippen LogP contribution in [0.2, 0.25) is 0 Å². The Morgan fingerprint density at radius 2 is 1.93 bits per heavy atom. The van der Waals surface area contributed by atoms with Crippen molar-refractivity contribution in [2.24, 2.45) is 5.73 Å². The summed E-state index contributed by atoms with van der Waals surface area (Å²) in [6.45, 7) is 4.87. The van der Waals surface area contributed by atoms with Crippen molar-refractivity contribution in [3.63, 3.8) is 0 Å². The molecule has 1 amide bonds. The fourth-order valence-corrected chi connectivity index (χ4v) is 1.000. The van der Waals surface area contributed by atoms with Crippen molar-refractivity contribution in [2.75, 3.05) is 12.9 Å². The molecule has 79 valence electrons. The predicted molar refractivity (Wildman–Crippen MR) is 56.2 cm³/mol. The van der Waals surface area contributed by atoms with Crippen molar-refractivity contribution in [1.29, 1.82) is 0 Å². The zero-order valence-corrected chi connectivity index (χ0v) is 11.6. The number of rotatable bonds is 4. The van der Waals surface area contributed by atoms with Crippen molar-refractivity contribution in [3.05, 3.63) is 12.7 Å². The molecule has 0 aliphatic heterocycles. The first-order valence-electron chi connectivity index (χ1n) is 3.59. The van der Waals surface area contributed by atoms with Gasteiger partial charge in [-0.3, -0.25) is 8.98 Å². The summed E-state index contributed by atoms with van der Waals surface area (Å²) in [7, 11) is -2.00. The maximum atomic E-state index is 10.4. The quantitative estimate of drug-likeness (QED) is 0.408. The summed E-state index contributed by atoms with van der Waals surface area (Å²) in [5.41, 5.74) is 4.53. The van der Waals surface area contributed by atoms with Gasteiger partial charge in [0.2, 0.25) is 5.91 Å². The van der Waals surface area contributed by atoms with Gasteiger partial charge in [0.1, 0.15) is 0 Å². The number of hydrogen-bond donors (Lipinski definition) is 1. The van der Waals surface area contributed by atoms with E-state index in [0.717, 1.165) is 6.08 Å². The fourth-order valence-electron chi connectivity index (χ4n) is 0.333. The second-order valence-electron chi connectivity index (χ2n) is 2.03. The Labute approximate surface area is 107 Å². The molecule has 1 radical (unpaired) electrons. The average molecular weight is 232 g/mol. The van der Waals surface area contributed by atoms with Crippen LogP contribution in [0.25, 0.3) is 0 Å². The van der Waals surface area contributed by atoms with Gasteiger partial charge in [-0.1, -0.05) is 13.5 Å². The summed E-state index contributed by atoms with van der Waals surface area (Å²) in [4.78, 5) is 9.47. The Hall–Kier alpha value is 0.120. The van der Waals surface area contributed by atoms with Crippen LogP contribution >= 0.6 is 0 Å². The summed E-state index contributed by atoms with van der Waals surface area (Å²) < 4.78 is 24.9. The number of hydrogen-bond acceptors (Lipinski definition) is 4. The van der Waals surface area contributed by atoms with Crippen LogP contribution in [-0.2, 0) is 19.1 Å². The monoisotopic (exact) mass is 232 g/mol. The SMILES string of the molecule is C=CC(N)=O.CCCS(=O)(=O)OC.[Na]. The zero-order valence-electron chi connectivity index (χ0n) is 8.82. The summed E-state index contributed by atoms with van der Waals surface area (Å²) in [5.74, 6) is -0.367. The van der Waals surface area contributed by atoms with Gasteiger partial charge >= 0.3 is 0 Å². The molecule has 0 fully saturated rings. The van der Waals surface area contributed by atoms with Crippen molar-refractivity contribution in [3.8, 4) is 0 Å². The van der Waals surface area contributed by atoms with Gasteiger partial charge in [-0.15, -0.1) is 0 Å². The maximum absolute atomic E-state index is 10.4. The van der Waals surface area contributed by atoms with Crippen LogP contribution in [0.5, 0.6) is 0 Å². The van der Waals surface area contributed by atoms with Crippen molar-refractivity contribution < 1.29 is 17.4 Å².